The quantitative estimate of drug-likeness (QED) is 0.376. The van der Waals surface area contributed by atoms with Crippen molar-refractivity contribution < 1.29 is 24.0 Å². The molecule has 28 heavy (non-hydrogen) atoms. The van der Waals surface area contributed by atoms with Crippen molar-refractivity contribution in [2.24, 2.45) is 4.99 Å². The highest BCUT2D eigenvalue weighted by atomic mass is 16.6. The van der Waals surface area contributed by atoms with Crippen LogP contribution in [0.3, 0.4) is 0 Å². The lowest BCUT2D eigenvalue weighted by Gasteiger charge is -2.01. The lowest BCUT2D eigenvalue weighted by Crippen LogP contribution is -2.15. The van der Waals surface area contributed by atoms with Gasteiger partial charge in [-0.3, -0.25) is 10.1 Å². The van der Waals surface area contributed by atoms with E-state index in [0.29, 0.717) is 17.0 Å². The number of carboxylic acid groups (broad SMARTS) is 1. The summed E-state index contributed by atoms with van der Waals surface area (Å²) in [5.74, 6) is -0.577. The summed E-state index contributed by atoms with van der Waals surface area (Å²) in [6.45, 7) is 0. The molecule has 0 radical (unpaired) electrons. The first-order valence-corrected chi connectivity index (χ1v) is 8.10. The molecule has 0 bridgehead atoms. The van der Waals surface area contributed by atoms with Crippen molar-refractivity contribution in [2.45, 2.75) is 6.42 Å². The van der Waals surface area contributed by atoms with Crippen LogP contribution in [0.2, 0.25) is 0 Å². The Kier molecular flexibility index (Phi) is 5.45. The molecule has 0 amide bonds. The molecular formula is C19H15N3O6. The highest BCUT2D eigenvalue weighted by Gasteiger charge is 2.15. The largest absolute Gasteiger partial charge is 0.497 e. The van der Waals surface area contributed by atoms with Gasteiger partial charge in [-0.2, -0.15) is 9.98 Å². The van der Waals surface area contributed by atoms with Crippen molar-refractivity contribution in [1.29, 1.82) is 0 Å². The average Bonchev–Trinajstić information content (AvgIpc) is 3.16. The number of aromatic nitrogens is 1. The lowest BCUT2D eigenvalue weighted by molar-refractivity contribution is -0.384. The number of non-ortho nitro benzene ring substituents is 1. The number of carboxylic acids is 1. The Balaban J connectivity index is 1.84. The van der Waals surface area contributed by atoms with Gasteiger partial charge in [-0.15, -0.1) is 0 Å². The van der Waals surface area contributed by atoms with Gasteiger partial charge in [0.2, 0.25) is 0 Å². The van der Waals surface area contributed by atoms with Gasteiger partial charge >= 0.3 is 12.0 Å². The summed E-state index contributed by atoms with van der Waals surface area (Å²) in [7, 11) is 1.56. The zero-order valence-corrected chi connectivity index (χ0v) is 14.7. The number of carbonyl (C=O) groups is 1. The Morgan fingerprint density at radius 1 is 1.29 bits per heavy atom. The third-order valence-corrected chi connectivity index (χ3v) is 3.85. The Hall–Kier alpha value is -4.01. The fourth-order valence-corrected chi connectivity index (χ4v) is 2.46. The molecule has 0 saturated carbocycles. The molecule has 142 valence electrons. The molecule has 0 spiro atoms. The molecule has 3 aromatic rings. The van der Waals surface area contributed by atoms with Gasteiger partial charge in [0.15, 0.2) is 0 Å². The van der Waals surface area contributed by atoms with E-state index in [9.17, 15) is 20.0 Å². The normalized spacial score (nSPS) is 11.2. The van der Waals surface area contributed by atoms with Gasteiger partial charge in [-0.25, -0.2) is 4.79 Å². The summed E-state index contributed by atoms with van der Waals surface area (Å²) in [6.07, 6.45) is 1.25. The van der Waals surface area contributed by atoms with E-state index < -0.39 is 10.9 Å². The Bertz CT molecular complexity index is 1040. The van der Waals surface area contributed by atoms with E-state index >= 15 is 0 Å². The van der Waals surface area contributed by atoms with E-state index in [0.717, 1.165) is 5.56 Å². The molecule has 0 unspecified atom stereocenters. The number of hydrogen-bond donors (Lipinski definition) is 1. The lowest BCUT2D eigenvalue weighted by atomic mass is 10.1. The summed E-state index contributed by atoms with van der Waals surface area (Å²) in [6, 6.07) is 12.7. The number of rotatable bonds is 7. The summed E-state index contributed by atoms with van der Waals surface area (Å²) in [5.41, 5.74) is 1.31. The van der Waals surface area contributed by atoms with Crippen molar-refractivity contribution in [2.75, 3.05) is 7.11 Å². The van der Waals surface area contributed by atoms with Gasteiger partial charge < -0.3 is 14.3 Å². The number of aliphatic imine (C=N–C) groups is 1. The second kappa shape index (κ2) is 8.12. The summed E-state index contributed by atoms with van der Waals surface area (Å²) in [5, 5.41) is 20.3. The van der Waals surface area contributed by atoms with Crippen LogP contribution in [0.5, 0.6) is 5.75 Å². The van der Waals surface area contributed by atoms with Crippen molar-refractivity contribution >= 4 is 23.4 Å². The van der Waals surface area contributed by atoms with Crippen LogP contribution in [-0.2, 0) is 11.2 Å². The van der Waals surface area contributed by atoms with Crippen molar-refractivity contribution in [3.63, 3.8) is 0 Å². The molecule has 0 fully saturated rings. The molecule has 0 atom stereocenters. The van der Waals surface area contributed by atoms with E-state index in [-0.39, 0.29) is 23.8 Å². The van der Waals surface area contributed by atoms with Gasteiger partial charge in [0.05, 0.1) is 12.0 Å². The monoisotopic (exact) mass is 381 g/mol. The number of methoxy groups -OCH3 is 1. The van der Waals surface area contributed by atoms with Crippen LogP contribution in [0, 0.1) is 10.1 Å². The van der Waals surface area contributed by atoms with E-state index in [4.69, 9.17) is 9.15 Å². The summed E-state index contributed by atoms with van der Waals surface area (Å²) in [4.78, 5) is 30.0. The van der Waals surface area contributed by atoms with Crippen molar-refractivity contribution in [3.05, 3.63) is 70.5 Å². The first-order chi connectivity index (χ1) is 13.5. The van der Waals surface area contributed by atoms with Crippen LogP contribution < -0.4 is 4.74 Å². The molecular weight excluding hydrogens is 366 g/mol. The maximum absolute atomic E-state index is 11.5. The predicted octanol–water partition coefficient (Wildman–Crippen LogP) is 3.66. The van der Waals surface area contributed by atoms with Crippen molar-refractivity contribution in [1.82, 2.24) is 4.98 Å². The number of aliphatic carboxylic acids is 1. The maximum atomic E-state index is 11.5. The fraction of sp³-hybridized carbons (Fsp3) is 0.105. The molecule has 0 aliphatic carbocycles. The highest BCUT2D eigenvalue weighted by Crippen LogP contribution is 2.24. The fourth-order valence-electron chi connectivity index (χ4n) is 2.46. The molecule has 1 aromatic heterocycles. The van der Waals surface area contributed by atoms with Crippen molar-refractivity contribution in [3.8, 4) is 17.0 Å². The standard InChI is InChI=1S/C19H15N3O6/c1-27-15-7-5-13(6-8-15)17-11-28-19(21-17)20-16(18(23)24)10-12-3-2-4-14(9-12)22(25)26/h2-9,11H,10H2,1H3,(H,23,24). The number of nitrogens with zero attached hydrogens (tertiary/aromatic N) is 3. The van der Waals surface area contributed by atoms with E-state index in [2.05, 4.69) is 9.98 Å². The van der Waals surface area contributed by atoms with Gasteiger partial charge in [0, 0.05) is 24.1 Å². The number of nitro groups is 1. The van der Waals surface area contributed by atoms with Crippen LogP contribution in [0.25, 0.3) is 11.3 Å². The molecule has 9 nitrogen and oxygen atoms in total. The Labute approximate surface area is 159 Å². The SMILES string of the molecule is COc1ccc(-c2coc(N=C(Cc3cccc([N+](=O)[O-])c3)C(=O)O)n2)cc1. The van der Waals surface area contributed by atoms with Crippen LogP contribution in [-0.4, -0.2) is 33.8 Å². The average molecular weight is 381 g/mol. The number of oxazole rings is 1. The van der Waals surface area contributed by atoms with Crippen LogP contribution in [0.1, 0.15) is 5.56 Å². The smallest absolute Gasteiger partial charge is 0.350 e. The zero-order valence-electron chi connectivity index (χ0n) is 14.7. The van der Waals surface area contributed by atoms with E-state index in [1.54, 1.807) is 37.4 Å². The van der Waals surface area contributed by atoms with Crippen LogP contribution >= 0.6 is 0 Å². The van der Waals surface area contributed by atoms with Crippen LogP contribution in [0.4, 0.5) is 11.7 Å². The van der Waals surface area contributed by atoms with Gasteiger partial charge in [-0.05, 0) is 29.8 Å². The molecule has 0 aliphatic heterocycles. The number of hydrogen-bond acceptors (Lipinski definition) is 7. The molecule has 1 heterocycles. The summed E-state index contributed by atoms with van der Waals surface area (Å²) < 4.78 is 10.4. The first kappa shape index (κ1) is 18.8. The van der Waals surface area contributed by atoms with Gasteiger partial charge in [0.25, 0.3) is 5.69 Å². The minimum atomic E-state index is -1.27. The molecule has 9 heteroatoms. The van der Waals surface area contributed by atoms with Gasteiger partial charge in [-0.1, -0.05) is 12.1 Å². The van der Waals surface area contributed by atoms with Gasteiger partial charge in [0.1, 0.15) is 23.4 Å². The molecule has 2 aromatic carbocycles. The maximum Gasteiger partial charge on any atom is 0.350 e. The molecule has 0 saturated heterocycles. The van der Waals surface area contributed by atoms with Crippen LogP contribution in [0.15, 0.2) is 64.2 Å². The highest BCUT2D eigenvalue weighted by molar-refractivity contribution is 6.36. The Morgan fingerprint density at radius 3 is 2.68 bits per heavy atom. The first-order valence-electron chi connectivity index (χ1n) is 8.10. The third kappa shape index (κ3) is 4.39. The molecule has 0 aliphatic rings. The number of nitro benzene ring substituents is 1. The Morgan fingerprint density at radius 2 is 2.04 bits per heavy atom. The summed E-state index contributed by atoms with van der Waals surface area (Å²) >= 11 is 0. The molecule has 1 N–H and O–H groups in total. The third-order valence-electron chi connectivity index (χ3n) is 3.85. The molecule has 3 rings (SSSR count). The minimum Gasteiger partial charge on any atom is -0.497 e. The van der Waals surface area contributed by atoms with E-state index in [1.165, 1.54) is 24.5 Å². The zero-order chi connectivity index (χ0) is 20.1. The second-order valence-electron chi connectivity index (χ2n) is 5.71. The second-order valence-corrected chi connectivity index (χ2v) is 5.71. The van der Waals surface area contributed by atoms with E-state index in [1.807, 2.05) is 0 Å². The number of ether oxygens (including phenoxy) is 1. The number of benzene rings is 2. The predicted molar refractivity (Wildman–Crippen MR) is 100 cm³/mol. The minimum absolute atomic E-state index is 0.114. The topological polar surface area (TPSA) is 128 Å².